The molecule has 6 nitrogen and oxygen atoms in total. The summed E-state index contributed by atoms with van der Waals surface area (Å²) >= 11 is 0. The highest BCUT2D eigenvalue weighted by molar-refractivity contribution is 5.94. The van der Waals surface area contributed by atoms with Crippen LogP contribution in [-0.4, -0.2) is 27.8 Å². The first kappa shape index (κ1) is 15.7. The van der Waals surface area contributed by atoms with Gasteiger partial charge in [0.1, 0.15) is 17.9 Å². The molecular weight excluding hydrogens is 311 g/mol. The zero-order valence-electron chi connectivity index (χ0n) is 12.9. The fraction of sp³-hybridized carbons (Fsp3) is 0.118. The van der Waals surface area contributed by atoms with Crippen LogP contribution in [0.25, 0.3) is 5.69 Å². The van der Waals surface area contributed by atoms with Crippen LogP contribution < -0.4 is 10.1 Å². The summed E-state index contributed by atoms with van der Waals surface area (Å²) in [5.41, 5.74) is 0.823. The van der Waals surface area contributed by atoms with E-state index in [1.165, 1.54) is 25.3 Å². The van der Waals surface area contributed by atoms with Crippen molar-refractivity contribution in [1.29, 1.82) is 0 Å². The van der Waals surface area contributed by atoms with E-state index in [2.05, 4.69) is 15.5 Å². The summed E-state index contributed by atoms with van der Waals surface area (Å²) in [7, 11) is 1.44. The Labute approximate surface area is 137 Å². The lowest BCUT2D eigenvalue weighted by atomic mass is 10.2. The summed E-state index contributed by atoms with van der Waals surface area (Å²) < 4.78 is 20.6. The van der Waals surface area contributed by atoms with Gasteiger partial charge in [-0.15, -0.1) is 10.2 Å². The van der Waals surface area contributed by atoms with E-state index in [0.717, 1.165) is 5.69 Å². The molecule has 24 heavy (non-hydrogen) atoms. The number of aromatic nitrogens is 3. The fourth-order valence-electron chi connectivity index (χ4n) is 2.25. The Hall–Kier alpha value is -3.22. The van der Waals surface area contributed by atoms with Gasteiger partial charge in [0, 0.05) is 11.8 Å². The Morgan fingerprint density at radius 1 is 1.25 bits per heavy atom. The van der Waals surface area contributed by atoms with E-state index >= 15 is 0 Å². The number of halogens is 1. The quantitative estimate of drug-likeness (QED) is 0.781. The van der Waals surface area contributed by atoms with Gasteiger partial charge in [0.2, 0.25) is 0 Å². The van der Waals surface area contributed by atoms with E-state index in [9.17, 15) is 9.18 Å². The normalized spacial score (nSPS) is 10.4. The average Bonchev–Trinajstić information content (AvgIpc) is 3.09. The van der Waals surface area contributed by atoms with Crippen LogP contribution in [0.15, 0.2) is 54.9 Å². The number of carbonyl (C=O) groups is 1. The van der Waals surface area contributed by atoms with Crippen LogP contribution in [-0.2, 0) is 6.54 Å². The number of methoxy groups -OCH3 is 1. The Balaban J connectivity index is 1.73. The van der Waals surface area contributed by atoms with E-state index in [0.29, 0.717) is 11.6 Å². The van der Waals surface area contributed by atoms with Crippen molar-refractivity contribution in [3.8, 4) is 11.4 Å². The van der Waals surface area contributed by atoms with Crippen molar-refractivity contribution in [3.63, 3.8) is 0 Å². The van der Waals surface area contributed by atoms with E-state index in [1.807, 2.05) is 30.3 Å². The van der Waals surface area contributed by atoms with Crippen molar-refractivity contribution in [2.45, 2.75) is 6.54 Å². The van der Waals surface area contributed by atoms with Crippen LogP contribution in [0, 0.1) is 5.82 Å². The van der Waals surface area contributed by atoms with Crippen LogP contribution in [0.2, 0.25) is 0 Å². The average molecular weight is 326 g/mol. The second-order valence-corrected chi connectivity index (χ2v) is 4.98. The van der Waals surface area contributed by atoms with Crippen LogP contribution in [0.5, 0.6) is 5.75 Å². The molecule has 0 aliphatic heterocycles. The van der Waals surface area contributed by atoms with Crippen molar-refractivity contribution >= 4 is 5.91 Å². The third-order valence-corrected chi connectivity index (χ3v) is 3.48. The van der Waals surface area contributed by atoms with Gasteiger partial charge in [-0.2, -0.15) is 0 Å². The lowest BCUT2D eigenvalue weighted by Gasteiger charge is -2.09. The van der Waals surface area contributed by atoms with Crippen molar-refractivity contribution < 1.29 is 13.9 Å². The molecule has 0 aliphatic carbocycles. The molecule has 0 saturated carbocycles. The van der Waals surface area contributed by atoms with Gasteiger partial charge in [-0.25, -0.2) is 4.39 Å². The van der Waals surface area contributed by atoms with E-state index in [-0.39, 0.29) is 12.1 Å². The summed E-state index contributed by atoms with van der Waals surface area (Å²) in [6, 6.07) is 13.6. The molecule has 0 atom stereocenters. The van der Waals surface area contributed by atoms with Gasteiger partial charge < -0.3 is 10.1 Å². The second-order valence-electron chi connectivity index (χ2n) is 4.98. The Kier molecular flexibility index (Phi) is 4.51. The van der Waals surface area contributed by atoms with Gasteiger partial charge in [0.05, 0.1) is 19.2 Å². The molecule has 0 unspecified atom stereocenters. The number of benzene rings is 2. The smallest absolute Gasteiger partial charge is 0.254 e. The first-order valence-electron chi connectivity index (χ1n) is 7.25. The minimum absolute atomic E-state index is 0.0541. The highest BCUT2D eigenvalue weighted by Gasteiger charge is 2.14. The molecule has 1 aromatic heterocycles. The maximum absolute atomic E-state index is 13.9. The maximum Gasteiger partial charge on any atom is 0.254 e. The molecule has 3 rings (SSSR count). The lowest BCUT2D eigenvalue weighted by Crippen LogP contribution is -2.25. The molecule has 0 aliphatic rings. The molecule has 1 N–H and O–H groups in total. The molecule has 2 aromatic carbocycles. The first-order chi connectivity index (χ1) is 11.7. The van der Waals surface area contributed by atoms with E-state index < -0.39 is 11.7 Å². The molecule has 7 heteroatoms. The summed E-state index contributed by atoms with van der Waals surface area (Å²) in [6.45, 7) is 0.124. The number of nitrogens with one attached hydrogen (secondary N) is 1. The number of hydrogen-bond acceptors (Lipinski definition) is 4. The summed E-state index contributed by atoms with van der Waals surface area (Å²) in [5, 5.41) is 10.5. The number of rotatable bonds is 5. The molecule has 1 amide bonds. The highest BCUT2D eigenvalue weighted by atomic mass is 19.1. The molecule has 3 aromatic rings. The van der Waals surface area contributed by atoms with Gasteiger partial charge in [-0.05, 0) is 24.3 Å². The minimum Gasteiger partial charge on any atom is -0.497 e. The third-order valence-electron chi connectivity index (χ3n) is 3.48. The Bertz CT molecular complexity index is 849. The lowest BCUT2D eigenvalue weighted by molar-refractivity contribution is 0.0945. The standard InChI is InChI=1S/C17H15FN4O2/c1-24-13-7-8-14(15(18)9-13)17(23)19-10-16-21-20-11-22(16)12-5-3-2-4-6-12/h2-9,11H,10H2,1H3,(H,19,23). The predicted molar refractivity (Wildman–Crippen MR) is 85.5 cm³/mol. The zero-order valence-corrected chi connectivity index (χ0v) is 12.9. The molecule has 122 valence electrons. The molecule has 0 fully saturated rings. The minimum atomic E-state index is -0.642. The zero-order chi connectivity index (χ0) is 16.9. The molecule has 0 radical (unpaired) electrons. The van der Waals surface area contributed by atoms with Gasteiger partial charge in [0.25, 0.3) is 5.91 Å². The molecule has 0 saturated heterocycles. The van der Waals surface area contributed by atoms with Gasteiger partial charge >= 0.3 is 0 Å². The van der Waals surface area contributed by atoms with Crippen molar-refractivity contribution in [1.82, 2.24) is 20.1 Å². The van der Waals surface area contributed by atoms with E-state index in [4.69, 9.17) is 4.74 Å². The van der Waals surface area contributed by atoms with Gasteiger partial charge in [-0.1, -0.05) is 18.2 Å². The number of ether oxygens (including phenoxy) is 1. The van der Waals surface area contributed by atoms with Crippen molar-refractivity contribution in [2.75, 3.05) is 7.11 Å². The fourth-order valence-corrected chi connectivity index (χ4v) is 2.25. The largest absolute Gasteiger partial charge is 0.497 e. The van der Waals surface area contributed by atoms with Crippen LogP contribution in [0.4, 0.5) is 4.39 Å². The highest BCUT2D eigenvalue weighted by Crippen LogP contribution is 2.16. The van der Waals surface area contributed by atoms with E-state index in [1.54, 1.807) is 10.9 Å². The van der Waals surface area contributed by atoms with Crippen molar-refractivity contribution in [2.24, 2.45) is 0 Å². The van der Waals surface area contributed by atoms with Crippen LogP contribution >= 0.6 is 0 Å². The number of nitrogens with zero attached hydrogens (tertiary/aromatic N) is 3. The van der Waals surface area contributed by atoms with Crippen molar-refractivity contribution in [3.05, 3.63) is 72.1 Å². The van der Waals surface area contributed by atoms with Gasteiger partial charge in [0.15, 0.2) is 5.82 Å². The Morgan fingerprint density at radius 3 is 2.75 bits per heavy atom. The summed E-state index contributed by atoms with van der Waals surface area (Å²) in [6.07, 6.45) is 1.56. The van der Waals surface area contributed by atoms with Gasteiger partial charge in [-0.3, -0.25) is 9.36 Å². The molecule has 0 bridgehead atoms. The topological polar surface area (TPSA) is 69.0 Å². The molecular formula is C17H15FN4O2. The molecule has 1 heterocycles. The number of carbonyl (C=O) groups excluding carboxylic acids is 1. The Morgan fingerprint density at radius 2 is 2.04 bits per heavy atom. The number of amides is 1. The second kappa shape index (κ2) is 6.91. The number of para-hydroxylation sites is 1. The monoisotopic (exact) mass is 326 g/mol. The third kappa shape index (κ3) is 3.24. The summed E-state index contributed by atoms with van der Waals surface area (Å²) in [5.74, 6) is -0.273. The number of hydrogen-bond donors (Lipinski definition) is 1. The van der Waals surface area contributed by atoms with Crippen LogP contribution in [0.3, 0.4) is 0 Å². The maximum atomic E-state index is 13.9. The molecule has 0 spiro atoms. The summed E-state index contributed by atoms with van der Waals surface area (Å²) in [4.78, 5) is 12.2. The predicted octanol–water partition coefficient (Wildman–Crippen LogP) is 2.35. The SMILES string of the molecule is COc1ccc(C(=O)NCc2nncn2-c2ccccc2)c(F)c1. The van der Waals surface area contributed by atoms with Crippen LogP contribution in [0.1, 0.15) is 16.2 Å². The first-order valence-corrected chi connectivity index (χ1v) is 7.25.